The van der Waals surface area contributed by atoms with Crippen LogP contribution >= 0.6 is 11.6 Å². The molecule has 0 amide bonds. The summed E-state index contributed by atoms with van der Waals surface area (Å²) < 4.78 is 5.84. The van der Waals surface area contributed by atoms with E-state index in [-0.39, 0.29) is 13.2 Å². The van der Waals surface area contributed by atoms with Gasteiger partial charge in [-0.3, -0.25) is 4.90 Å². The molecule has 2 rings (SSSR count). The molecule has 0 fully saturated rings. The number of nitrogens with zero attached hydrogens (tertiary/aromatic N) is 1. The van der Waals surface area contributed by atoms with Gasteiger partial charge in [-0.25, -0.2) is 0 Å². The molecule has 0 aliphatic carbocycles. The quantitative estimate of drug-likeness (QED) is 0.787. The van der Waals surface area contributed by atoms with Crippen LogP contribution in [0.2, 0.25) is 5.02 Å². The first kappa shape index (κ1) is 16.0. The second-order valence-electron chi connectivity index (χ2n) is 4.82. The molecular weight excluding hydrogens is 290 g/mol. The van der Waals surface area contributed by atoms with Crippen LogP contribution in [0.25, 0.3) is 11.3 Å². The van der Waals surface area contributed by atoms with Crippen LogP contribution in [0.4, 0.5) is 0 Å². The Bertz CT molecular complexity index is 556. The first-order valence-electron chi connectivity index (χ1n) is 7.02. The second kappa shape index (κ2) is 8.20. The van der Waals surface area contributed by atoms with Crippen LogP contribution in [0.15, 0.2) is 40.8 Å². The minimum Gasteiger partial charge on any atom is -0.460 e. The van der Waals surface area contributed by atoms with Crippen molar-refractivity contribution < 1.29 is 14.6 Å². The Labute approximate surface area is 129 Å². The van der Waals surface area contributed by atoms with E-state index >= 15 is 0 Å². The molecule has 2 N–H and O–H groups in total. The van der Waals surface area contributed by atoms with Crippen LogP contribution in [-0.4, -0.2) is 41.4 Å². The van der Waals surface area contributed by atoms with Gasteiger partial charge in [0.15, 0.2) is 0 Å². The summed E-state index contributed by atoms with van der Waals surface area (Å²) >= 11 is 6.16. The third-order valence-corrected chi connectivity index (χ3v) is 3.56. The standard InChI is InChI=1S/C16H20ClNO3/c17-15-5-2-1-4-14(15)16-7-6-13(21-16)12-18(9-11-20)8-3-10-19/h1-2,4-7,19-20H,3,8-12H2. The van der Waals surface area contributed by atoms with E-state index in [1.165, 1.54) is 0 Å². The SMILES string of the molecule is OCCCN(CCO)Cc1ccc(-c2ccccc2Cl)o1. The Morgan fingerprint density at radius 3 is 2.52 bits per heavy atom. The smallest absolute Gasteiger partial charge is 0.135 e. The molecule has 0 aliphatic heterocycles. The van der Waals surface area contributed by atoms with Gasteiger partial charge in [0.25, 0.3) is 0 Å². The summed E-state index contributed by atoms with van der Waals surface area (Å²) in [5.41, 5.74) is 0.870. The maximum atomic E-state index is 9.08. The molecule has 21 heavy (non-hydrogen) atoms. The van der Waals surface area contributed by atoms with Gasteiger partial charge in [0.05, 0.1) is 18.2 Å². The minimum absolute atomic E-state index is 0.0868. The van der Waals surface area contributed by atoms with E-state index in [0.717, 1.165) is 23.6 Å². The predicted molar refractivity (Wildman–Crippen MR) is 83.2 cm³/mol. The minimum atomic E-state index is 0.0868. The monoisotopic (exact) mass is 309 g/mol. The average molecular weight is 310 g/mol. The topological polar surface area (TPSA) is 56.8 Å². The first-order chi connectivity index (χ1) is 10.2. The van der Waals surface area contributed by atoms with E-state index in [1.54, 1.807) is 0 Å². The Balaban J connectivity index is 2.06. The lowest BCUT2D eigenvalue weighted by atomic mass is 10.2. The van der Waals surface area contributed by atoms with Crippen LogP contribution in [0.5, 0.6) is 0 Å². The van der Waals surface area contributed by atoms with Crippen LogP contribution in [0, 0.1) is 0 Å². The molecule has 0 spiro atoms. The third kappa shape index (κ3) is 4.58. The average Bonchev–Trinajstić information content (AvgIpc) is 2.94. The van der Waals surface area contributed by atoms with Gasteiger partial charge in [0.2, 0.25) is 0 Å². The number of aliphatic hydroxyl groups excluding tert-OH is 2. The molecular formula is C16H20ClNO3. The molecule has 0 bridgehead atoms. The number of aliphatic hydroxyl groups is 2. The van der Waals surface area contributed by atoms with Crippen molar-refractivity contribution in [3.05, 3.63) is 47.2 Å². The van der Waals surface area contributed by atoms with Gasteiger partial charge in [0, 0.05) is 25.3 Å². The van der Waals surface area contributed by atoms with E-state index in [2.05, 4.69) is 0 Å². The summed E-state index contributed by atoms with van der Waals surface area (Å²) in [6.45, 7) is 2.11. The van der Waals surface area contributed by atoms with Gasteiger partial charge in [-0.1, -0.05) is 23.7 Å². The Morgan fingerprint density at radius 1 is 1.00 bits per heavy atom. The van der Waals surface area contributed by atoms with Crippen molar-refractivity contribution in [1.29, 1.82) is 0 Å². The molecule has 114 valence electrons. The zero-order valence-electron chi connectivity index (χ0n) is 11.8. The summed E-state index contributed by atoms with van der Waals surface area (Å²) in [6, 6.07) is 11.4. The molecule has 0 atom stereocenters. The maximum Gasteiger partial charge on any atom is 0.135 e. The van der Waals surface area contributed by atoms with Crippen molar-refractivity contribution in [2.75, 3.05) is 26.3 Å². The first-order valence-corrected chi connectivity index (χ1v) is 7.40. The van der Waals surface area contributed by atoms with Crippen LogP contribution < -0.4 is 0 Å². The van der Waals surface area contributed by atoms with Crippen molar-refractivity contribution in [2.24, 2.45) is 0 Å². The highest BCUT2D eigenvalue weighted by atomic mass is 35.5. The third-order valence-electron chi connectivity index (χ3n) is 3.23. The summed E-state index contributed by atoms with van der Waals surface area (Å²) in [7, 11) is 0. The van der Waals surface area contributed by atoms with Crippen LogP contribution in [-0.2, 0) is 6.54 Å². The fourth-order valence-electron chi connectivity index (χ4n) is 2.19. The van der Waals surface area contributed by atoms with Crippen molar-refractivity contribution in [1.82, 2.24) is 4.90 Å². The predicted octanol–water partition coefficient (Wildman–Crippen LogP) is 2.78. The molecule has 4 nitrogen and oxygen atoms in total. The van der Waals surface area contributed by atoms with Crippen molar-refractivity contribution >= 4 is 11.6 Å². The lowest BCUT2D eigenvalue weighted by Gasteiger charge is -2.19. The van der Waals surface area contributed by atoms with Gasteiger partial charge in [-0.15, -0.1) is 0 Å². The summed E-state index contributed by atoms with van der Waals surface area (Å²) in [5, 5.41) is 18.6. The summed E-state index contributed by atoms with van der Waals surface area (Å²) in [5.74, 6) is 1.55. The summed E-state index contributed by atoms with van der Waals surface area (Å²) in [6.07, 6.45) is 0.679. The number of hydrogen-bond donors (Lipinski definition) is 2. The molecule has 1 aromatic heterocycles. The normalized spacial score (nSPS) is 11.2. The zero-order chi connectivity index (χ0) is 15.1. The van der Waals surface area contributed by atoms with Crippen molar-refractivity contribution in [3.63, 3.8) is 0 Å². The fraction of sp³-hybridized carbons (Fsp3) is 0.375. The number of halogens is 1. The van der Waals surface area contributed by atoms with Crippen LogP contribution in [0.3, 0.4) is 0 Å². The maximum absolute atomic E-state index is 9.08. The molecule has 0 saturated heterocycles. The van der Waals surface area contributed by atoms with Crippen molar-refractivity contribution in [3.8, 4) is 11.3 Å². The molecule has 2 aromatic rings. The van der Waals surface area contributed by atoms with Crippen LogP contribution in [0.1, 0.15) is 12.2 Å². The van der Waals surface area contributed by atoms with E-state index in [4.69, 9.17) is 26.2 Å². The second-order valence-corrected chi connectivity index (χ2v) is 5.23. The highest BCUT2D eigenvalue weighted by Crippen LogP contribution is 2.29. The summed E-state index contributed by atoms with van der Waals surface area (Å²) in [4.78, 5) is 2.05. The largest absolute Gasteiger partial charge is 0.460 e. The van der Waals surface area contributed by atoms with Gasteiger partial charge in [-0.2, -0.15) is 0 Å². The Kier molecular flexibility index (Phi) is 6.26. The highest BCUT2D eigenvalue weighted by molar-refractivity contribution is 6.33. The lowest BCUT2D eigenvalue weighted by Crippen LogP contribution is -2.27. The molecule has 0 saturated carbocycles. The van der Waals surface area contributed by atoms with Gasteiger partial charge < -0.3 is 14.6 Å². The van der Waals surface area contributed by atoms with Crippen molar-refractivity contribution in [2.45, 2.75) is 13.0 Å². The van der Waals surface area contributed by atoms with Gasteiger partial charge in [0.1, 0.15) is 11.5 Å². The van der Waals surface area contributed by atoms with E-state index in [1.807, 2.05) is 41.3 Å². The lowest BCUT2D eigenvalue weighted by molar-refractivity contribution is 0.166. The number of rotatable bonds is 8. The van der Waals surface area contributed by atoms with E-state index in [0.29, 0.717) is 24.5 Å². The number of benzene rings is 1. The highest BCUT2D eigenvalue weighted by Gasteiger charge is 2.11. The Hall–Kier alpha value is -1.33. The van der Waals surface area contributed by atoms with E-state index in [9.17, 15) is 0 Å². The van der Waals surface area contributed by atoms with Gasteiger partial charge >= 0.3 is 0 Å². The number of hydrogen-bond acceptors (Lipinski definition) is 4. The molecule has 0 aliphatic rings. The molecule has 1 heterocycles. The molecule has 0 radical (unpaired) electrons. The van der Waals surface area contributed by atoms with Gasteiger partial charge in [-0.05, 0) is 30.7 Å². The van der Waals surface area contributed by atoms with E-state index < -0.39 is 0 Å². The molecule has 5 heteroatoms. The Morgan fingerprint density at radius 2 is 1.81 bits per heavy atom. The molecule has 0 unspecified atom stereocenters. The zero-order valence-corrected chi connectivity index (χ0v) is 12.6. The molecule has 1 aromatic carbocycles. The number of furan rings is 1. The fourth-order valence-corrected chi connectivity index (χ4v) is 2.42.